The summed E-state index contributed by atoms with van der Waals surface area (Å²) in [7, 11) is 0. The van der Waals surface area contributed by atoms with E-state index in [1.54, 1.807) is 49.6 Å². The Morgan fingerprint density at radius 1 is 0.875 bits per heavy atom. The molecule has 0 fully saturated rings. The summed E-state index contributed by atoms with van der Waals surface area (Å²) in [6, 6.07) is 15.7. The zero-order chi connectivity index (χ0) is 22.9. The first-order chi connectivity index (χ1) is 15.5. The third kappa shape index (κ3) is 6.21. The van der Waals surface area contributed by atoms with Gasteiger partial charge in [0.15, 0.2) is 0 Å². The lowest BCUT2D eigenvalue weighted by molar-refractivity contribution is -0.116. The molecule has 166 valence electrons. The molecule has 2 aromatic carbocycles. The highest BCUT2D eigenvalue weighted by atomic mass is 16.3. The molecule has 0 aliphatic heterocycles. The highest BCUT2D eigenvalue weighted by Crippen LogP contribution is 2.23. The zero-order valence-electron chi connectivity index (χ0n) is 18.0. The number of hydrogen-bond donors (Lipinski definition) is 4. The Bertz CT molecular complexity index is 1080. The maximum Gasteiger partial charge on any atom is 0.251 e. The summed E-state index contributed by atoms with van der Waals surface area (Å²) in [5.74, 6) is 0.137. The molecule has 0 spiro atoms. The van der Waals surface area contributed by atoms with E-state index in [0.717, 1.165) is 11.3 Å². The number of nitrogens with one attached hydrogen (secondary N) is 4. The van der Waals surface area contributed by atoms with Crippen molar-refractivity contribution in [2.45, 2.75) is 26.8 Å². The number of hydrogen-bond acceptors (Lipinski definition) is 5. The molecule has 4 N–H and O–H groups in total. The molecule has 8 nitrogen and oxygen atoms in total. The van der Waals surface area contributed by atoms with Gasteiger partial charge in [-0.3, -0.25) is 14.4 Å². The molecule has 0 radical (unpaired) electrons. The zero-order valence-corrected chi connectivity index (χ0v) is 18.0. The summed E-state index contributed by atoms with van der Waals surface area (Å²) < 4.78 is 5.19. The van der Waals surface area contributed by atoms with Crippen molar-refractivity contribution in [2.24, 2.45) is 0 Å². The fourth-order valence-corrected chi connectivity index (χ4v) is 2.97. The molecule has 0 atom stereocenters. The van der Waals surface area contributed by atoms with E-state index >= 15 is 0 Å². The smallest absolute Gasteiger partial charge is 0.251 e. The van der Waals surface area contributed by atoms with E-state index in [-0.39, 0.29) is 24.3 Å². The van der Waals surface area contributed by atoms with Crippen LogP contribution in [0.2, 0.25) is 0 Å². The fourth-order valence-electron chi connectivity index (χ4n) is 2.97. The minimum atomic E-state index is -0.234. The van der Waals surface area contributed by atoms with Crippen LogP contribution in [0.15, 0.2) is 65.3 Å². The van der Waals surface area contributed by atoms with Crippen molar-refractivity contribution in [1.82, 2.24) is 5.32 Å². The second kappa shape index (κ2) is 10.8. The minimum absolute atomic E-state index is 0.0530. The van der Waals surface area contributed by atoms with Crippen molar-refractivity contribution in [1.29, 1.82) is 0 Å². The molecular weight excluding hydrogens is 408 g/mol. The van der Waals surface area contributed by atoms with Gasteiger partial charge in [-0.1, -0.05) is 13.0 Å². The Kier molecular flexibility index (Phi) is 7.64. The SMILES string of the molecule is CCC(=O)Nc1cccc(NCC(=O)Nc2ccc(C(=O)NCc3ccco3)cc2)c1C. The third-order valence-corrected chi connectivity index (χ3v) is 4.80. The molecule has 0 unspecified atom stereocenters. The number of furan rings is 1. The molecular formula is C24H26N4O4. The van der Waals surface area contributed by atoms with Gasteiger partial charge in [0.25, 0.3) is 5.91 Å². The van der Waals surface area contributed by atoms with Crippen LogP contribution in [-0.2, 0) is 16.1 Å². The van der Waals surface area contributed by atoms with Crippen LogP contribution >= 0.6 is 0 Å². The van der Waals surface area contributed by atoms with Crippen LogP contribution in [0.5, 0.6) is 0 Å². The van der Waals surface area contributed by atoms with Crippen LogP contribution in [0.3, 0.4) is 0 Å². The molecule has 1 aromatic heterocycles. The first kappa shape index (κ1) is 22.6. The quantitative estimate of drug-likeness (QED) is 0.408. The van der Waals surface area contributed by atoms with Gasteiger partial charge < -0.3 is 25.7 Å². The van der Waals surface area contributed by atoms with Crippen molar-refractivity contribution >= 4 is 34.8 Å². The summed E-state index contributed by atoms with van der Waals surface area (Å²) >= 11 is 0. The topological polar surface area (TPSA) is 112 Å². The lowest BCUT2D eigenvalue weighted by Gasteiger charge is -2.14. The molecule has 0 aliphatic rings. The van der Waals surface area contributed by atoms with Crippen molar-refractivity contribution in [3.05, 3.63) is 77.7 Å². The molecule has 3 aromatic rings. The first-order valence-corrected chi connectivity index (χ1v) is 10.3. The Labute approximate surface area is 186 Å². The first-order valence-electron chi connectivity index (χ1n) is 10.3. The maximum absolute atomic E-state index is 12.3. The predicted molar refractivity (Wildman–Crippen MR) is 124 cm³/mol. The number of anilines is 3. The van der Waals surface area contributed by atoms with Gasteiger partial charge in [-0.05, 0) is 61.0 Å². The number of benzene rings is 2. The minimum Gasteiger partial charge on any atom is -0.467 e. The van der Waals surface area contributed by atoms with Crippen LogP contribution in [0, 0.1) is 6.92 Å². The van der Waals surface area contributed by atoms with E-state index in [1.165, 1.54) is 0 Å². The van der Waals surface area contributed by atoms with E-state index < -0.39 is 0 Å². The van der Waals surface area contributed by atoms with Crippen LogP contribution in [0.25, 0.3) is 0 Å². The van der Waals surface area contributed by atoms with Gasteiger partial charge in [0.1, 0.15) is 5.76 Å². The van der Waals surface area contributed by atoms with Gasteiger partial charge in [-0.25, -0.2) is 0 Å². The van der Waals surface area contributed by atoms with E-state index in [0.29, 0.717) is 35.7 Å². The van der Waals surface area contributed by atoms with Gasteiger partial charge in [-0.2, -0.15) is 0 Å². The van der Waals surface area contributed by atoms with Gasteiger partial charge in [0.05, 0.1) is 19.4 Å². The summed E-state index contributed by atoms with van der Waals surface area (Å²) in [6.07, 6.45) is 1.94. The van der Waals surface area contributed by atoms with Crippen LogP contribution in [0.4, 0.5) is 17.1 Å². The molecule has 3 amide bonds. The average molecular weight is 434 g/mol. The second-order valence-electron chi connectivity index (χ2n) is 7.12. The standard InChI is InChI=1S/C24H26N4O4/c1-3-22(29)28-21-8-4-7-20(16(21)2)25-15-23(30)27-18-11-9-17(10-12-18)24(31)26-14-19-6-5-13-32-19/h4-13,25H,3,14-15H2,1-2H3,(H,26,31)(H,27,30)(H,28,29). The van der Waals surface area contributed by atoms with Crippen molar-refractivity contribution in [3.63, 3.8) is 0 Å². The van der Waals surface area contributed by atoms with Crippen molar-refractivity contribution in [2.75, 3.05) is 22.5 Å². The second-order valence-corrected chi connectivity index (χ2v) is 7.12. The fraction of sp³-hybridized carbons (Fsp3) is 0.208. The molecule has 3 rings (SSSR count). The van der Waals surface area contributed by atoms with Crippen LogP contribution in [0.1, 0.15) is 35.0 Å². The Morgan fingerprint density at radius 2 is 1.62 bits per heavy atom. The molecule has 0 saturated carbocycles. The molecule has 0 aliphatic carbocycles. The van der Waals surface area contributed by atoms with Crippen molar-refractivity contribution in [3.8, 4) is 0 Å². The lowest BCUT2D eigenvalue weighted by Crippen LogP contribution is -2.23. The number of carbonyl (C=O) groups excluding carboxylic acids is 3. The number of amides is 3. The molecule has 0 saturated heterocycles. The van der Waals surface area contributed by atoms with Gasteiger partial charge in [-0.15, -0.1) is 0 Å². The summed E-state index contributed by atoms with van der Waals surface area (Å²) in [6.45, 7) is 4.02. The predicted octanol–water partition coefficient (Wildman–Crippen LogP) is 3.92. The Morgan fingerprint density at radius 3 is 2.31 bits per heavy atom. The molecule has 32 heavy (non-hydrogen) atoms. The van der Waals surface area contributed by atoms with Crippen molar-refractivity contribution < 1.29 is 18.8 Å². The van der Waals surface area contributed by atoms with E-state index in [4.69, 9.17) is 4.42 Å². The summed E-state index contributed by atoms with van der Waals surface area (Å²) in [4.78, 5) is 36.2. The third-order valence-electron chi connectivity index (χ3n) is 4.80. The summed E-state index contributed by atoms with van der Waals surface area (Å²) in [5.41, 5.74) is 3.39. The normalized spacial score (nSPS) is 10.3. The van der Waals surface area contributed by atoms with Gasteiger partial charge >= 0.3 is 0 Å². The maximum atomic E-state index is 12.3. The summed E-state index contributed by atoms with van der Waals surface area (Å²) in [5, 5.41) is 11.5. The Balaban J connectivity index is 1.50. The monoisotopic (exact) mass is 434 g/mol. The highest BCUT2D eigenvalue weighted by molar-refractivity contribution is 5.97. The van der Waals surface area contributed by atoms with Crippen LogP contribution < -0.4 is 21.3 Å². The highest BCUT2D eigenvalue weighted by Gasteiger charge is 2.10. The molecule has 0 bridgehead atoms. The van der Waals surface area contributed by atoms with Gasteiger partial charge in [0, 0.05) is 29.0 Å². The van der Waals surface area contributed by atoms with E-state index in [9.17, 15) is 14.4 Å². The largest absolute Gasteiger partial charge is 0.467 e. The number of rotatable bonds is 9. The van der Waals surface area contributed by atoms with Gasteiger partial charge in [0.2, 0.25) is 11.8 Å². The molecule has 1 heterocycles. The Hall–Kier alpha value is -4.07. The average Bonchev–Trinajstić information content (AvgIpc) is 3.32. The van der Waals surface area contributed by atoms with Crippen LogP contribution in [-0.4, -0.2) is 24.3 Å². The number of carbonyl (C=O) groups is 3. The lowest BCUT2D eigenvalue weighted by atomic mass is 10.1. The van der Waals surface area contributed by atoms with E-state index in [2.05, 4.69) is 21.3 Å². The van der Waals surface area contributed by atoms with E-state index in [1.807, 2.05) is 25.1 Å². The molecule has 8 heteroatoms.